The summed E-state index contributed by atoms with van der Waals surface area (Å²) in [6.07, 6.45) is 0.546. The minimum Gasteiger partial charge on any atom is -0.466 e. The highest BCUT2D eigenvalue weighted by atomic mass is 35.5. The zero-order valence-electron chi connectivity index (χ0n) is 14.6. The summed E-state index contributed by atoms with van der Waals surface area (Å²) in [6.45, 7) is 7.99. The maximum absolute atomic E-state index is 14.4. The monoisotopic (exact) mass is 350 g/mol. The summed E-state index contributed by atoms with van der Waals surface area (Å²) in [5, 5.41) is 0. The van der Waals surface area contributed by atoms with Gasteiger partial charge in [-0.15, -0.1) is 12.4 Å². The molecule has 0 aliphatic carbocycles. The van der Waals surface area contributed by atoms with Crippen molar-refractivity contribution >= 4 is 18.4 Å². The van der Waals surface area contributed by atoms with Crippen LogP contribution in [0.1, 0.15) is 35.6 Å². The molecule has 130 valence electrons. The molecule has 0 N–H and O–H groups in total. The van der Waals surface area contributed by atoms with Gasteiger partial charge in [-0.05, 0) is 79.6 Å². The molecular formula is C20H24ClFO2. The minimum atomic E-state index is -0.290. The predicted molar refractivity (Wildman–Crippen MR) is 98.2 cm³/mol. The molecule has 2 aromatic rings. The van der Waals surface area contributed by atoms with Gasteiger partial charge in [-0.1, -0.05) is 18.2 Å². The highest BCUT2D eigenvalue weighted by molar-refractivity contribution is 5.85. The second-order valence-electron chi connectivity index (χ2n) is 5.84. The first-order valence-electron chi connectivity index (χ1n) is 7.95. The molecule has 2 aromatic carbocycles. The van der Waals surface area contributed by atoms with Crippen molar-refractivity contribution in [1.29, 1.82) is 0 Å². The van der Waals surface area contributed by atoms with Crippen LogP contribution in [-0.2, 0) is 16.0 Å². The molecule has 2 nitrogen and oxygen atoms in total. The van der Waals surface area contributed by atoms with E-state index in [0.717, 1.165) is 22.3 Å². The summed E-state index contributed by atoms with van der Waals surface area (Å²) < 4.78 is 19.3. The van der Waals surface area contributed by atoms with E-state index in [0.29, 0.717) is 24.2 Å². The minimum absolute atomic E-state index is 0. The van der Waals surface area contributed by atoms with Crippen LogP contribution in [-0.4, -0.2) is 12.6 Å². The van der Waals surface area contributed by atoms with E-state index in [2.05, 4.69) is 26.0 Å². The Balaban J connectivity index is 0.00000288. The first-order valence-corrected chi connectivity index (χ1v) is 7.95. The second-order valence-corrected chi connectivity index (χ2v) is 5.84. The van der Waals surface area contributed by atoms with Gasteiger partial charge in [0.2, 0.25) is 0 Å². The van der Waals surface area contributed by atoms with Crippen LogP contribution in [0.2, 0.25) is 0 Å². The van der Waals surface area contributed by atoms with Gasteiger partial charge in [0.1, 0.15) is 5.82 Å². The van der Waals surface area contributed by atoms with Crippen molar-refractivity contribution in [2.45, 2.75) is 40.5 Å². The van der Waals surface area contributed by atoms with Crippen molar-refractivity contribution < 1.29 is 13.9 Å². The summed E-state index contributed by atoms with van der Waals surface area (Å²) in [4.78, 5) is 11.5. The maximum atomic E-state index is 14.4. The first kappa shape index (κ1) is 20.2. The Morgan fingerprint density at radius 2 is 1.71 bits per heavy atom. The van der Waals surface area contributed by atoms with Crippen LogP contribution in [0, 0.1) is 26.6 Å². The lowest BCUT2D eigenvalue weighted by Crippen LogP contribution is -2.06. The standard InChI is InChI=1S/C20H23FO2.ClH/c1-5-23-18(22)10-9-16-12-17(11-15(4)20(16)21)19-13(2)7-6-8-14(19)3;/h6-8,11-12H,5,9-10H2,1-4H3;1H. The lowest BCUT2D eigenvalue weighted by Gasteiger charge is -2.14. The summed E-state index contributed by atoms with van der Waals surface area (Å²) in [5.74, 6) is -0.522. The number of esters is 1. The Labute approximate surface area is 149 Å². The second kappa shape index (κ2) is 8.84. The van der Waals surface area contributed by atoms with E-state index in [1.54, 1.807) is 13.8 Å². The molecule has 0 bridgehead atoms. The molecule has 0 spiro atoms. The number of benzene rings is 2. The van der Waals surface area contributed by atoms with Gasteiger partial charge in [0.15, 0.2) is 0 Å². The van der Waals surface area contributed by atoms with Gasteiger partial charge in [0.05, 0.1) is 6.61 Å². The Kier molecular flexibility index (Phi) is 7.43. The van der Waals surface area contributed by atoms with Gasteiger partial charge in [0.25, 0.3) is 0 Å². The molecule has 2 rings (SSSR count). The number of ether oxygens (including phenoxy) is 1. The summed E-state index contributed by atoms with van der Waals surface area (Å²) in [7, 11) is 0. The maximum Gasteiger partial charge on any atom is 0.306 e. The summed E-state index contributed by atoms with van der Waals surface area (Å²) >= 11 is 0. The van der Waals surface area contributed by atoms with Crippen LogP contribution in [0.15, 0.2) is 30.3 Å². The fourth-order valence-electron chi connectivity index (χ4n) is 2.91. The van der Waals surface area contributed by atoms with Gasteiger partial charge in [-0.25, -0.2) is 4.39 Å². The number of aryl methyl sites for hydroxylation is 4. The number of hydrogen-bond donors (Lipinski definition) is 0. The molecule has 0 unspecified atom stereocenters. The number of carbonyl (C=O) groups excluding carboxylic acids is 1. The van der Waals surface area contributed by atoms with E-state index < -0.39 is 0 Å². The van der Waals surface area contributed by atoms with Crippen LogP contribution < -0.4 is 0 Å². The van der Waals surface area contributed by atoms with Crippen LogP contribution in [0.4, 0.5) is 4.39 Å². The zero-order valence-corrected chi connectivity index (χ0v) is 15.4. The van der Waals surface area contributed by atoms with Crippen LogP contribution >= 0.6 is 12.4 Å². The van der Waals surface area contributed by atoms with Crippen molar-refractivity contribution in [2.24, 2.45) is 0 Å². The lowest BCUT2D eigenvalue weighted by molar-refractivity contribution is -0.143. The van der Waals surface area contributed by atoms with Gasteiger partial charge in [-0.3, -0.25) is 4.79 Å². The van der Waals surface area contributed by atoms with Crippen molar-refractivity contribution in [1.82, 2.24) is 0 Å². The third kappa shape index (κ3) is 4.57. The molecule has 0 atom stereocenters. The largest absolute Gasteiger partial charge is 0.466 e. The molecule has 0 amide bonds. The molecule has 4 heteroatoms. The Hall–Kier alpha value is -1.87. The third-order valence-electron chi connectivity index (χ3n) is 4.00. The fraction of sp³-hybridized carbons (Fsp3) is 0.350. The van der Waals surface area contributed by atoms with Gasteiger partial charge in [-0.2, -0.15) is 0 Å². The molecule has 0 aliphatic rings. The molecule has 0 fully saturated rings. The zero-order chi connectivity index (χ0) is 17.0. The highest BCUT2D eigenvalue weighted by Gasteiger charge is 2.13. The number of rotatable bonds is 5. The summed E-state index contributed by atoms with van der Waals surface area (Å²) in [5.41, 5.74) is 5.62. The smallest absolute Gasteiger partial charge is 0.306 e. The van der Waals surface area contributed by atoms with Crippen molar-refractivity contribution in [2.75, 3.05) is 6.61 Å². The van der Waals surface area contributed by atoms with E-state index in [4.69, 9.17) is 4.74 Å². The highest BCUT2D eigenvalue weighted by Crippen LogP contribution is 2.30. The van der Waals surface area contributed by atoms with Crippen LogP contribution in [0.25, 0.3) is 11.1 Å². The normalized spacial score (nSPS) is 10.2. The Morgan fingerprint density at radius 1 is 1.08 bits per heavy atom. The van der Waals surface area contributed by atoms with Gasteiger partial charge in [0, 0.05) is 6.42 Å². The molecule has 0 heterocycles. The van der Waals surface area contributed by atoms with Crippen molar-refractivity contribution in [3.63, 3.8) is 0 Å². The molecule has 0 saturated heterocycles. The van der Waals surface area contributed by atoms with E-state index >= 15 is 0 Å². The average molecular weight is 351 g/mol. The van der Waals surface area contributed by atoms with E-state index in [1.807, 2.05) is 18.2 Å². The average Bonchev–Trinajstić information content (AvgIpc) is 2.49. The molecule has 0 aromatic heterocycles. The van der Waals surface area contributed by atoms with Gasteiger partial charge < -0.3 is 4.74 Å². The Bertz CT molecular complexity index is 706. The van der Waals surface area contributed by atoms with Crippen molar-refractivity contribution in [3.8, 4) is 11.1 Å². The van der Waals surface area contributed by atoms with Crippen molar-refractivity contribution in [3.05, 3.63) is 58.4 Å². The molecule has 24 heavy (non-hydrogen) atoms. The number of halogens is 2. The third-order valence-corrected chi connectivity index (χ3v) is 4.00. The predicted octanol–water partition coefficient (Wildman–Crippen LogP) is 5.34. The van der Waals surface area contributed by atoms with Crippen LogP contribution in [0.3, 0.4) is 0 Å². The van der Waals surface area contributed by atoms with E-state index in [-0.39, 0.29) is 30.6 Å². The Morgan fingerprint density at radius 3 is 2.29 bits per heavy atom. The van der Waals surface area contributed by atoms with E-state index in [9.17, 15) is 9.18 Å². The van der Waals surface area contributed by atoms with Crippen LogP contribution in [0.5, 0.6) is 0 Å². The molecule has 0 aliphatic heterocycles. The summed E-state index contributed by atoms with van der Waals surface area (Å²) in [6, 6.07) is 9.86. The number of carbonyl (C=O) groups is 1. The molecule has 0 saturated carbocycles. The van der Waals surface area contributed by atoms with E-state index in [1.165, 1.54) is 0 Å². The quantitative estimate of drug-likeness (QED) is 0.681. The molecular weight excluding hydrogens is 327 g/mol. The first-order chi connectivity index (χ1) is 10.9. The van der Waals surface area contributed by atoms with Gasteiger partial charge >= 0.3 is 5.97 Å². The lowest BCUT2D eigenvalue weighted by atomic mass is 9.92. The molecule has 0 radical (unpaired) electrons. The SMILES string of the molecule is CCOC(=O)CCc1cc(-c2c(C)cccc2C)cc(C)c1F.Cl. The number of hydrogen-bond acceptors (Lipinski definition) is 2. The fourth-order valence-corrected chi connectivity index (χ4v) is 2.91. The topological polar surface area (TPSA) is 26.3 Å².